The van der Waals surface area contributed by atoms with Crippen molar-refractivity contribution in [3.8, 4) is 0 Å². The lowest BCUT2D eigenvalue weighted by Gasteiger charge is -2.37. The lowest BCUT2D eigenvalue weighted by molar-refractivity contribution is -0.417. The van der Waals surface area contributed by atoms with Gasteiger partial charge < -0.3 is 20.1 Å². The van der Waals surface area contributed by atoms with Gasteiger partial charge in [-0.3, -0.25) is 0 Å². The average Bonchev–Trinajstić information content (AvgIpc) is 2.23. The number of aliphatic hydroxyl groups is 3. The smallest absolute Gasteiger partial charge is 0.220 e. The van der Waals surface area contributed by atoms with Gasteiger partial charge in [0, 0.05) is 5.37 Å². The molecule has 0 aromatic rings. The molecular formula is C8H14O6S. The van der Waals surface area contributed by atoms with E-state index in [1.165, 1.54) is 5.37 Å². The van der Waals surface area contributed by atoms with E-state index < -0.39 is 30.7 Å². The molecule has 0 aliphatic carbocycles. The Bertz CT molecular complexity index is 213. The molecule has 0 saturated carbocycles. The number of hydrogen-bond donors (Lipinski definition) is 3. The Morgan fingerprint density at radius 2 is 1.93 bits per heavy atom. The highest BCUT2D eigenvalue weighted by atomic mass is 32.1. The highest BCUT2D eigenvalue weighted by molar-refractivity contribution is 7.79. The van der Waals surface area contributed by atoms with Crippen LogP contribution in [0.15, 0.2) is 0 Å². The Morgan fingerprint density at radius 1 is 1.27 bits per heavy atom. The van der Waals surface area contributed by atoms with E-state index in [1.54, 1.807) is 6.92 Å². The van der Waals surface area contributed by atoms with Gasteiger partial charge in [0.1, 0.15) is 24.9 Å². The summed E-state index contributed by atoms with van der Waals surface area (Å²) in [5, 5.41) is 29.5. The Labute approximate surface area is 92.3 Å². The zero-order valence-corrected chi connectivity index (χ0v) is 8.96. The van der Waals surface area contributed by atoms with Crippen LogP contribution in [-0.4, -0.2) is 58.0 Å². The van der Waals surface area contributed by atoms with E-state index in [9.17, 15) is 15.3 Å². The van der Waals surface area contributed by atoms with Crippen molar-refractivity contribution in [1.82, 2.24) is 0 Å². The van der Waals surface area contributed by atoms with E-state index in [0.717, 1.165) is 0 Å². The van der Waals surface area contributed by atoms with Crippen LogP contribution < -0.4 is 0 Å². The normalized spacial score (nSPS) is 41.5. The SMILES string of the molecule is C[C@H]1OC(OOCC=S)[C@@H](O)[C@@H](O)[C@@H]1O. The summed E-state index contributed by atoms with van der Waals surface area (Å²) in [4.78, 5) is 9.27. The maximum absolute atomic E-state index is 9.45. The second kappa shape index (κ2) is 5.80. The quantitative estimate of drug-likeness (QED) is 0.244. The molecule has 0 aromatic carbocycles. The molecule has 1 heterocycles. The average molecular weight is 238 g/mol. The molecule has 7 heteroatoms. The summed E-state index contributed by atoms with van der Waals surface area (Å²) in [6.07, 6.45) is -5.61. The van der Waals surface area contributed by atoms with E-state index >= 15 is 0 Å². The van der Waals surface area contributed by atoms with Gasteiger partial charge >= 0.3 is 0 Å². The van der Waals surface area contributed by atoms with Crippen LogP contribution in [0.2, 0.25) is 0 Å². The van der Waals surface area contributed by atoms with Crippen LogP contribution in [0.3, 0.4) is 0 Å². The molecule has 0 bridgehead atoms. The van der Waals surface area contributed by atoms with Crippen LogP contribution in [0.5, 0.6) is 0 Å². The summed E-state index contributed by atoms with van der Waals surface area (Å²) < 4.78 is 5.07. The maximum Gasteiger partial charge on any atom is 0.220 e. The molecule has 0 spiro atoms. The zero-order valence-electron chi connectivity index (χ0n) is 8.15. The number of thiocarbonyl (C=S) groups is 1. The summed E-state index contributed by atoms with van der Waals surface area (Å²) in [6.45, 7) is 1.62. The van der Waals surface area contributed by atoms with E-state index in [4.69, 9.17) is 4.74 Å². The van der Waals surface area contributed by atoms with E-state index in [0.29, 0.717) is 0 Å². The highest BCUT2D eigenvalue weighted by Crippen LogP contribution is 2.21. The Kier molecular flexibility index (Phi) is 5.00. The maximum atomic E-state index is 9.45. The zero-order chi connectivity index (χ0) is 11.4. The molecule has 3 N–H and O–H groups in total. The van der Waals surface area contributed by atoms with Gasteiger partial charge in [0.2, 0.25) is 6.29 Å². The molecule has 6 nitrogen and oxygen atoms in total. The van der Waals surface area contributed by atoms with Gasteiger partial charge in [-0.1, -0.05) is 12.2 Å². The third-order valence-corrected chi connectivity index (χ3v) is 2.24. The molecular weight excluding hydrogens is 224 g/mol. The lowest BCUT2D eigenvalue weighted by Crippen LogP contribution is -2.57. The summed E-state index contributed by atoms with van der Waals surface area (Å²) in [5.41, 5.74) is 0. The summed E-state index contributed by atoms with van der Waals surface area (Å²) >= 11 is 4.49. The van der Waals surface area contributed by atoms with Gasteiger partial charge in [-0.25, -0.2) is 9.78 Å². The summed E-state index contributed by atoms with van der Waals surface area (Å²) in [7, 11) is 0. The number of aliphatic hydroxyl groups excluding tert-OH is 3. The third-order valence-electron chi connectivity index (χ3n) is 2.11. The minimum absolute atomic E-state index is 0.0644. The first-order valence-electron chi connectivity index (χ1n) is 4.49. The van der Waals surface area contributed by atoms with Crippen molar-refractivity contribution in [2.75, 3.05) is 6.61 Å². The fraction of sp³-hybridized carbons (Fsp3) is 0.875. The number of hydrogen-bond acceptors (Lipinski definition) is 7. The van der Waals surface area contributed by atoms with Gasteiger partial charge in [0.05, 0.1) is 6.10 Å². The molecule has 0 aromatic heterocycles. The van der Waals surface area contributed by atoms with Gasteiger partial charge in [-0.2, -0.15) is 0 Å². The molecule has 1 saturated heterocycles. The van der Waals surface area contributed by atoms with Crippen molar-refractivity contribution in [3.05, 3.63) is 0 Å². The predicted molar refractivity (Wildman–Crippen MR) is 53.0 cm³/mol. The van der Waals surface area contributed by atoms with Crippen molar-refractivity contribution in [1.29, 1.82) is 0 Å². The van der Waals surface area contributed by atoms with E-state index in [1.807, 2.05) is 0 Å². The Morgan fingerprint density at radius 3 is 2.53 bits per heavy atom. The Hall–Kier alpha value is -0.150. The Balaban J connectivity index is 2.47. The van der Waals surface area contributed by atoms with E-state index in [2.05, 4.69) is 22.0 Å². The van der Waals surface area contributed by atoms with Crippen molar-refractivity contribution in [3.63, 3.8) is 0 Å². The highest BCUT2D eigenvalue weighted by Gasteiger charge is 2.43. The van der Waals surface area contributed by atoms with Crippen LogP contribution >= 0.6 is 12.2 Å². The molecule has 88 valence electrons. The van der Waals surface area contributed by atoms with Crippen molar-refractivity contribution >= 4 is 17.6 Å². The van der Waals surface area contributed by atoms with Gasteiger partial charge in [0.25, 0.3) is 0 Å². The van der Waals surface area contributed by atoms with Crippen LogP contribution in [-0.2, 0) is 14.5 Å². The molecule has 1 fully saturated rings. The molecule has 1 unspecified atom stereocenters. The van der Waals surface area contributed by atoms with Crippen LogP contribution in [0.25, 0.3) is 0 Å². The van der Waals surface area contributed by atoms with Gasteiger partial charge in [-0.15, -0.1) is 0 Å². The van der Waals surface area contributed by atoms with Gasteiger partial charge in [0.15, 0.2) is 0 Å². The van der Waals surface area contributed by atoms with Gasteiger partial charge in [-0.05, 0) is 6.92 Å². The standard InChI is InChI=1S/C8H14O6S/c1-4-5(9)6(10)7(11)8(13-4)14-12-2-3-15/h3-11H,2H2,1H3/t4-,5-,6+,7+,8?/m1/s1. The number of ether oxygens (including phenoxy) is 1. The predicted octanol–water partition coefficient (Wildman–Crippen LogP) is -1.24. The second-order valence-electron chi connectivity index (χ2n) is 3.23. The van der Waals surface area contributed by atoms with Crippen LogP contribution in [0, 0.1) is 0 Å². The minimum atomic E-state index is -1.36. The third kappa shape index (κ3) is 3.15. The molecule has 0 amide bonds. The first-order valence-corrected chi connectivity index (χ1v) is 4.96. The van der Waals surface area contributed by atoms with Crippen LogP contribution in [0.1, 0.15) is 6.92 Å². The van der Waals surface area contributed by atoms with Crippen molar-refractivity contribution < 1.29 is 29.8 Å². The molecule has 15 heavy (non-hydrogen) atoms. The van der Waals surface area contributed by atoms with Crippen molar-refractivity contribution in [2.24, 2.45) is 0 Å². The molecule has 1 aliphatic rings. The second-order valence-corrected chi connectivity index (χ2v) is 3.56. The summed E-state index contributed by atoms with van der Waals surface area (Å²) in [5.74, 6) is 0. The fourth-order valence-corrected chi connectivity index (χ4v) is 1.28. The molecule has 1 aliphatic heterocycles. The van der Waals surface area contributed by atoms with E-state index in [-0.39, 0.29) is 6.61 Å². The summed E-state index contributed by atoms with van der Waals surface area (Å²) in [6, 6.07) is 0. The van der Waals surface area contributed by atoms with Crippen LogP contribution in [0.4, 0.5) is 0 Å². The first kappa shape index (κ1) is 12.9. The fourth-order valence-electron chi connectivity index (χ4n) is 1.23. The largest absolute Gasteiger partial charge is 0.388 e. The lowest BCUT2D eigenvalue weighted by atomic mass is 10.0. The minimum Gasteiger partial charge on any atom is -0.388 e. The number of rotatable bonds is 4. The topological polar surface area (TPSA) is 88.4 Å². The van der Waals surface area contributed by atoms with Crippen molar-refractivity contribution in [2.45, 2.75) is 37.6 Å². The monoisotopic (exact) mass is 238 g/mol. The molecule has 5 atom stereocenters. The molecule has 0 radical (unpaired) electrons. The first-order chi connectivity index (χ1) is 7.07. The molecule has 1 rings (SSSR count).